The fourth-order valence-corrected chi connectivity index (χ4v) is 7.00. The summed E-state index contributed by atoms with van der Waals surface area (Å²) in [4.78, 5) is 14.2. The van der Waals surface area contributed by atoms with Crippen molar-refractivity contribution in [3.05, 3.63) is 116 Å². The van der Waals surface area contributed by atoms with Gasteiger partial charge in [0.05, 0.1) is 40.4 Å². The molecule has 1 aliphatic heterocycles. The molecule has 4 nitrogen and oxygen atoms in total. The molecule has 5 rings (SSSR count). The van der Waals surface area contributed by atoms with E-state index < -0.39 is 35.2 Å². The van der Waals surface area contributed by atoms with Gasteiger partial charge in [-0.25, -0.2) is 4.39 Å². The minimum absolute atomic E-state index is 0.188. The van der Waals surface area contributed by atoms with Crippen LogP contribution >= 0.6 is 23.4 Å². The molecule has 2 N–H and O–H groups in total. The maximum atomic E-state index is 15.0. The van der Waals surface area contributed by atoms with Gasteiger partial charge in [-0.1, -0.05) is 60.1 Å². The van der Waals surface area contributed by atoms with Crippen LogP contribution in [0.25, 0.3) is 11.1 Å². The summed E-state index contributed by atoms with van der Waals surface area (Å²) in [5.74, 6) is -0.220. The molecule has 0 bridgehead atoms. The van der Waals surface area contributed by atoms with Crippen LogP contribution in [0.3, 0.4) is 0 Å². The zero-order valence-electron chi connectivity index (χ0n) is 21.6. The van der Waals surface area contributed by atoms with Crippen LogP contribution in [0.4, 0.5) is 17.6 Å². The average molecular weight is 589 g/mol. The number of methoxy groups -OCH3 is 1. The standard InChI is InChI=1S/C30H25ClF4N2O2S/c1-16-19(14-20-21(30(33,34)35)11-7-12-22(20)32)29-37(23(15-40-29)27(36)17-8-4-3-5-9-17)28(38)25(16)18-10-6-13-24(39-2)26(18)31/h3-13,23,27H,14-15,36H2,1-2H3. The Labute approximate surface area is 237 Å². The maximum absolute atomic E-state index is 15.0. The van der Waals surface area contributed by atoms with Gasteiger partial charge in [0, 0.05) is 23.3 Å². The fraction of sp³-hybridized carbons (Fsp3) is 0.233. The largest absolute Gasteiger partial charge is 0.495 e. The number of nitrogens with two attached hydrogens (primary N) is 1. The van der Waals surface area contributed by atoms with Crippen LogP contribution in [-0.2, 0) is 12.6 Å². The molecule has 10 heteroatoms. The summed E-state index contributed by atoms with van der Waals surface area (Å²) in [5, 5.41) is 0.658. The van der Waals surface area contributed by atoms with Crippen LogP contribution < -0.4 is 16.0 Å². The molecule has 0 amide bonds. The van der Waals surface area contributed by atoms with Gasteiger partial charge < -0.3 is 10.5 Å². The number of benzene rings is 3. The number of halogens is 5. The fourth-order valence-electron chi connectivity index (χ4n) is 5.26. The zero-order chi connectivity index (χ0) is 28.8. The second-order valence-electron chi connectivity index (χ2n) is 9.54. The minimum atomic E-state index is -4.76. The molecule has 2 heterocycles. The van der Waals surface area contributed by atoms with Gasteiger partial charge in [0.1, 0.15) is 11.6 Å². The van der Waals surface area contributed by atoms with E-state index in [4.69, 9.17) is 22.1 Å². The molecule has 0 saturated heterocycles. The Hall–Kier alpha value is -3.27. The summed E-state index contributed by atoms with van der Waals surface area (Å²) in [6, 6.07) is 16.1. The highest BCUT2D eigenvalue weighted by Gasteiger charge is 2.38. The van der Waals surface area contributed by atoms with Crippen LogP contribution in [0.15, 0.2) is 76.6 Å². The predicted molar refractivity (Wildman–Crippen MR) is 150 cm³/mol. The Balaban J connectivity index is 1.79. The summed E-state index contributed by atoms with van der Waals surface area (Å²) >= 11 is 7.97. The number of hydrogen-bond acceptors (Lipinski definition) is 4. The van der Waals surface area contributed by atoms with Crippen molar-refractivity contribution in [2.75, 3.05) is 12.9 Å². The van der Waals surface area contributed by atoms with Crippen molar-refractivity contribution in [2.45, 2.75) is 36.6 Å². The third-order valence-corrected chi connectivity index (χ3v) is 8.90. The van der Waals surface area contributed by atoms with E-state index in [9.17, 15) is 18.0 Å². The maximum Gasteiger partial charge on any atom is 0.416 e. The number of pyridine rings is 1. The molecular formula is C30H25ClF4N2O2S. The molecule has 4 aromatic rings. The number of nitrogens with zero attached hydrogens (tertiary/aromatic N) is 1. The van der Waals surface area contributed by atoms with E-state index in [2.05, 4.69) is 0 Å². The second-order valence-corrected chi connectivity index (χ2v) is 10.9. The molecule has 0 aliphatic carbocycles. The lowest BCUT2D eigenvalue weighted by Gasteiger charge is -2.25. The molecule has 2 atom stereocenters. The van der Waals surface area contributed by atoms with Crippen molar-refractivity contribution in [3.8, 4) is 16.9 Å². The van der Waals surface area contributed by atoms with E-state index in [1.54, 1.807) is 29.7 Å². The van der Waals surface area contributed by atoms with Gasteiger partial charge in [0.2, 0.25) is 0 Å². The molecular weight excluding hydrogens is 564 g/mol. The SMILES string of the molecule is COc1cccc(-c2c(C)c(Cc3c(F)cccc3C(F)(F)F)c3n(c2=O)C(C(N)c2ccccc2)CS3)c1Cl. The molecule has 208 valence electrons. The highest BCUT2D eigenvalue weighted by atomic mass is 35.5. The summed E-state index contributed by atoms with van der Waals surface area (Å²) in [7, 11) is 1.45. The third kappa shape index (κ3) is 4.91. The first-order valence-electron chi connectivity index (χ1n) is 12.4. The van der Waals surface area contributed by atoms with Crippen molar-refractivity contribution in [1.82, 2.24) is 4.57 Å². The lowest BCUT2D eigenvalue weighted by Crippen LogP contribution is -2.33. The van der Waals surface area contributed by atoms with Crippen LogP contribution in [0.1, 0.15) is 39.9 Å². The molecule has 1 aromatic heterocycles. The van der Waals surface area contributed by atoms with Crippen LogP contribution in [0.5, 0.6) is 5.75 Å². The molecule has 40 heavy (non-hydrogen) atoms. The summed E-state index contributed by atoms with van der Waals surface area (Å²) in [6.07, 6.45) is -5.14. The van der Waals surface area contributed by atoms with E-state index >= 15 is 4.39 Å². The quantitative estimate of drug-likeness (QED) is 0.236. The van der Waals surface area contributed by atoms with E-state index in [1.165, 1.54) is 18.9 Å². The van der Waals surface area contributed by atoms with Gasteiger partial charge in [0.15, 0.2) is 0 Å². The number of fused-ring (bicyclic) bond motifs is 1. The first kappa shape index (κ1) is 28.3. The topological polar surface area (TPSA) is 57.2 Å². The number of ether oxygens (including phenoxy) is 1. The predicted octanol–water partition coefficient (Wildman–Crippen LogP) is 7.58. The van der Waals surface area contributed by atoms with Gasteiger partial charge in [-0.15, -0.1) is 11.8 Å². The van der Waals surface area contributed by atoms with Gasteiger partial charge in [-0.2, -0.15) is 13.2 Å². The molecule has 0 spiro atoms. The van der Waals surface area contributed by atoms with Crippen LogP contribution in [-0.4, -0.2) is 17.4 Å². The first-order valence-corrected chi connectivity index (χ1v) is 13.8. The molecule has 2 unspecified atom stereocenters. The third-order valence-electron chi connectivity index (χ3n) is 7.29. The van der Waals surface area contributed by atoms with E-state index in [0.717, 1.165) is 23.8 Å². The van der Waals surface area contributed by atoms with E-state index in [0.29, 0.717) is 33.2 Å². The smallest absolute Gasteiger partial charge is 0.416 e. The molecule has 0 saturated carbocycles. The number of rotatable bonds is 6. The highest BCUT2D eigenvalue weighted by molar-refractivity contribution is 7.99. The van der Waals surface area contributed by atoms with Crippen molar-refractivity contribution in [2.24, 2.45) is 5.73 Å². The summed E-state index contributed by atoms with van der Waals surface area (Å²) in [6.45, 7) is 1.65. The molecule has 0 fully saturated rings. The number of alkyl halides is 3. The monoisotopic (exact) mass is 588 g/mol. The number of hydrogen-bond donors (Lipinski definition) is 1. The number of aromatic nitrogens is 1. The lowest BCUT2D eigenvalue weighted by molar-refractivity contribution is -0.138. The highest BCUT2D eigenvalue weighted by Crippen LogP contribution is 2.45. The molecule has 0 radical (unpaired) electrons. The van der Waals surface area contributed by atoms with Crippen molar-refractivity contribution >= 4 is 23.4 Å². The Bertz CT molecular complexity index is 1640. The van der Waals surface area contributed by atoms with E-state index in [1.807, 2.05) is 30.3 Å². The normalized spacial score (nSPS) is 15.7. The van der Waals surface area contributed by atoms with E-state index in [-0.39, 0.29) is 22.6 Å². The van der Waals surface area contributed by atoms with Crippen LogP contribution in [0, 0.1) is 12.7 Å². The Morgan fingerprint density at radius 2 is 1.77 bits per heavy atom. The molecule has 3 aromatic carbocycles. The first-order chi connectivity index (χ1) is 19.0. The summed E-state index contributed by atoms with van der Waals surface area (Å²) < 4.78 is 63.7. The Morgan fingerprint density at radius 1 is 1.07 bits per heavy atom. The van der Waals surface area contributed by atoms with Gasteiger partial charge >= 0.3 is 6.18 Å². The van der Waals surface area contributed by atoms with Gasteiger partial charge in [-0.3, -0.25) is 9.36 Å². The van der Waals surface area contributed by atoms with Crippen molar-refractivity contribution < 1.29 is 22.3 Å². The zero-order valence-corrected chi connectivity index (χ0v) is 23.1. The van der Waals surface area contributed by atoms with Crippen molar-refractivity contribution in [1.29, 1.82) is 0 Å². The number of thioether (sulfide) groups is 1. The van der Waals surface area contributed by atoms with Crippen LogP contribution in [0.2, 0.25) is 5.02 Å². The van der Waals surface area contributed by atoms with Gasteiger partial charge in [0.25, 0.3) is 5.56 Å². The molecule has 1 aliphatic rings. The Morgan fingerprint density at radius 3 is 2.45 bits per heavy atom. The second kappa shape index (κ2) is 11.0. The summed E-state index contributed by atoms with van der Waals surface area (Å²) in [5.41, 5.74) is 6.97. The lowest BCUT2D eigenvalue weighted by atomic mass is 9.92. The minimum Gasteiger partial charge on any atom is -0.495 e. The van der Waals surface area contributed by atoms with Crippen molar-refractivity contribution in [3.63, 3.8) is 0 Å². The average Bonchev–Trinajstić information content (AvgIpc) is 3.37. The van der Waals surface area contributed by atoms with Gasteiger partial charge in [-0.05, 0) is 41.8 Å². The Kier molecular flexibility index (Phi) is 7.74.